The second-order valence-corrected chi connectivity index (χ2v) is 8.74. The molecule has 1 N–H and O–H groups in total. The largest absolute Gasteiger partial charge is 0.493 e. The van der Waals surface area contributed by atoms with Gasteiger partial charge in [0.2, 0.25) is 0 Å². The van der Waals surface area contributed by atoms with Crippen LogP contribution in [-0.4, -0.2) is 45.8 Å². The zero-order chi connectivity index (χ0) is 20.4. The lowest BCUT2D eigenvalue weighted by Gasteiger charge is -2.14. The Labute approximate surface area is 170 Å². The molecule has 0 amide bonds. The van der Waals surface area contributed by atoms with Gasteiger partial charge in [-0.05, 0) is 49.7 Å². The highest BCUT2D eigenvalue weighted by molar-refractivity contribution is 7.90. The van der Waals surface area contributed by atoms with Gasteiger partial charge in [0.1, 0.15) is 12.4 Å². The maximum atomic E-state index is 13.3. The van der Waals surface area contributed by atoms with Gasteiger partial charge in [0.05, 0.1) is 24.6 Å². The van der Waals surface area contributed by atoms with E-state index in [9.17, 15) is 8.42 Å². The van der Waals surface area contributed by atoms with Crippen LogP contribution in [0.1, 0.15) is 12.8 Å². The van der Waals surface area contributed by atoms with E-state index in [0.29, 0.717) is 35.4 Å². The van der Waals surface area contributed by atoms with Crippen LogP contribution in [0.3, 0.4) is 0 Å². The van der Waals surface area contributed by atoms with Crippen molar-refractivity contribution in [2.45, 2.75) is 23.8 Å². The van der Waals surface area contributed by atoms with Crippen molar-refractivity contribution in [3.63, 3.8) is 0 Å². The number of hydrogen-bond donors (Lipinski definition) is 1. The molecule has 2 aromatic carbocycles. The van der Waals surface area contributed by atoms with Crippen LogP contribution in [0, 0.1) is 0 Å². The predicted molar refractivity (Wildman–Crippen MR) is 111 cm³/mol. The number of ether oxygens (including phenoxy) is 3. The van der Waals surface area contributed by atoms with Crippen molar-refractivity contribution in [1.82, 2.24) is 9.29 Å². The van der Waals surface area contributed by atoms with E-state index >= 15 is 0 Å². The molecule has 0 radical (unpaired) electrons. The fourth-order valence-corrected chi connectivity index (χ4v) is 4.99. The van der Waals surface area contributed by atoms with Crippen molar-refractivity contribution >= 4 is 20.9 Å². The molecular weight excluding hydrogens is 392 g/mol. The van der Waals surface area contributed by atoms with Crippen LogP contribution in [0.15, 0.2) is 53.6 Å². The first-order valence-corrected chi connectivity index (χ1v) is 10.9. The summed E-state index contributed by atoms with van der Waals surface area (Å²) in [6.07, 6.45) is 3.79. The maximum Gasteiger partial charge on any atom is 0.268 e. The molecular formula is C21H24N2O5S. The molecule has 7 nitrogen and oxygen atoms in total. The van der Waals surface area contributed by atoms with Gasteiger partial charge >= 0.3 is 0 Å². The Kier molecular flexibility index (Phi) is 5.38. The normalized spacial score (nSPS) is 16.8. The number of aromatic nitrogens is 1. The van der Waals surface area contributed by atoms with Crippen molar-refractivity contribution in [2.75, 3.05) is 27.4 Å². The van der Waals surface area contributed by atoms with E-state index in [1.807, 2.05) is 6.07 Å². The number of methoxy groups -OCH3 is 2. The molecule has 0 saturated carbocycles. The highest BCUT2D eigenvalue weighted by Crippen LogP contribution is 2.33. The summed E-state index contributed by atoms with van der Waals surface area (Å²) in [4.78, 5) is 0.120. The molecule has 0 aliphatic carbocycles. The van der Waals surface area contributed by atoms with Gasteiger partial charge in [-0.15, -0.1) is 0 Å². The minimum Gasteiger partial charge on any atom is -0.493 e. The standard InChI is InChI=1S/C21H24N2O5S/c1-26-20-9-8-16(13-21(20)27-2)29(24,25)23-12-10-17-18(23)6-3-7-19(17)28-14-15-5-4-11-22-15/h3,6-10,12-13,15,22H,4-5,11,14H2,1-2H3/t15-/m0/s1. The quantitative estimate of drug-likeness (QED) is 0.638. The van der Waals surface area contributed by atoms with Gasteiger partial charge in [-0.3, -0.25) is 0 Å². The van der Waals surface area contributed by atoms with Gasteiger partial charge in [-0.2, -0.15) is 0 Å². The number of hydrogen-bond acceptors (Lipinski definition) is 6. The number of nitrogens with one attached hydrogen (secondary N) is 1. The lowest BCUT2D eigenvalue weighted by atomic mass is 10.2. The Morgan fingerprint density at radius 2 is 1.90 bits per heavy atom. The van der Waals surface area contributed by atoms with E-state index < -0.39 is 10.0 Å². The van der Waals surface area contributed by atoms with Crippen LogP contribution < -0.4 is 19.5 Å². The Balaban J connectivity index is 1.69. The third kappa shape index (κ3) is 3.65. The van der Waals surface area contributed by atoms with Crippen molar-refractivity contribution in [2.24, 2.45) is 0 Å². The predicted octanol–water partition coefficient (Wildman–Crippen LogP) is 3.03. The Hall–Kier alpha value is -2.71. The molecule has 0 unspecified atom stereocenters. The average molecular weight is 416 g/mol. The summed E-state index contributed by atoms with van der Waals surface area (Å²) in [6, 6.07) is 12.1. The van der Waals surface area contributed by atoms with Crippen LogP contribution >= 0.6 is 0 Å². The SMILES string of the molecule is COc1ccc(S(=O)(=O)n2ccc3c(OC[C@@H]4CCCN4)cccc32)cc1OC. The lowest BCUT2D eigenvalue weighted by molar-refractivity contribution is 0.280. The zero-order valence-electron chi connectivity index (χ0n) is 16.4. The molecule has 1 aromatic heterocycles. The van der Waals surface area contributed by atoms with Gasteiger partial charge in [-0.25, -0.2) is 12.4 Å². The average Bonchev–Trinajstić information content (AvgIpc) is 3.41. The van der Waals surface area contributed by atoms with E-state index in [0.717, 1.165) is 24.8 Å². The molecule has 0 bridgehead atoms. The fourth-order valence-electron chi connectivity index (χ4n) is 3.63. The van der Waals surface area contributed by atoms with E-state index in [2.05, 4.69) is 5.32 Å². The minimum atomic E-state index is -3.81. The van der Waals surface area contributed by atoms with Gasteiger partial charge in [0.25, 0.3) is 10.0 Å². The molecule has 8 heteroatoms. The summed E-state index contributed by atoms with van der Waals surface area (Å²) >= 11 is 0. The first-order chi connectivity index (χ1) is 14.0. The molecule has 2 heterocycles. The van der Waals surface area contributed by atoms with Crippen LogP contribution in [0.4, 0.5) is 0 Å². The van der Waals surface area contributed by atoms with Gasteiger partial charge in [0, 0.05) is 23.7 Å². The second-order valence-electron chi connectivity index (χ2n) is 6.93. The molecule has 3 aromatic rings. The number of nitrogens with zero attached hydrogens (tertiary/aromatic N) is 1. The van der Waals surface area contributed by atoms with Gasteiger partial charge in [-0.1, -0.05) is 6.07 Å². The molecule has 4 rings (SSSR count). The second kappa shape index (κ2) is 7.96. The summed E-state index contributed by atoms with van der Waals surface area (Å²) in [5, 5.41) is 4.16. The molecule has 154 valence electrons. The molecule has 1 aliphatic heterocycles. The molecule has 29 heavy (non-hydrogen) atoms. The third-order valence-electron chi connectivity index (χ3n) is 5.17. The van der Waals surface area contributed by atoms with Crippen LogP contribution in [0.2, 0.25) is 0 Å². The monoisotopic (exact) mass is 416 g/mol. The number of benzene rings is 2. The van der Waals surface area contributed by atoms with E-state index in [4.69, 9.17) is 14.2 Å². The Bertz CT molecular complexity index is 1120. The van der Waals surface area contributed by atoms with Crippen LogP contribution in [0.5, 0.6) is 17.2 Å². The molecule has 1 atom stereocenters. The van der Waals surface area contributed by atoms with Crippen molar-refractivity contribution in [1.29, 1.82) is 0 Å². The van der Waals surface area contributed by atoms with Crippen molar-refractivity contribution < 1.29 is 22.6 Å². The van der Waals surface area contributed by atoms with E-state index in [1.165, 1.54) is 30.3 Å². The molecule has 1 fully saturated rings. The molecule has 1 saturated heterocycles. The van der Waals surface area contributed by atoms with Gasteiger partial charge < -0.3 is 19.5 Å². The zero-order valence-corrected chi connectivity index (χ0v) is 17.2. The summed E-state index contributed by atoms with van der Waals surface area (Å²) in [5.74, 6) is 1.51. The topological polar surface area (TPSA) is 78.8 Å². The van der Waals surface area contributed by atoms with Crippen molar-refractivity contribution in [3.8, 4) is 17.2 Å². The van der Waals surface area contributed by atoms with E-state index in [1.54, 1.807) is 30.5 Å². The van der Waals surface area contributed by atoms with Crippen molar-refractivity contribution in [3.05, 3.63) is 48.7 Å². The Morgan fingerprint density at radius 3 is 2.62 bits per heavy atom. The summed E-state index contributed by atoms with van der Waals surface area (Å²) in [7, 11) is -0.832. The number of rotatable bonds is 7. The van der Waals surface area contributed by atoms with E-state index in [-0.39, 0.29) is 4.90 Å². The maximum absolute atomic E-state index is 13.3. The minimum absolute atomic E-state index is 0.120. The number of fused-ring (bicyclic) bond motifs is 1. The smallest absolute Gasteiger partial charge is 0.268 e. The first-order valence-electron chi connectivity index (χ1n) is 9.48. The highest BCUT2D eigenvalue weighted by atomic mass is 32.2. The molecule has 1 aliphatic rings. The third-order valence-corrected chi connectivity index (χ3v) is 6.86. The first kappa shape index (κ1) is 19.6. The Morgan fingerprint density at radius 1 is 1.07 bits per heavy atom. The van der Waals surface area contributed by atoms with Crippen LogP contribution in [-0.2, 0) is 10.0 Å². The summed E-state index contributed by atoms with van der Waals surface area (Å²) in [5.41, 5.74) is 0.566. The summed E-state index contributed by atoms with van der Waals surface area (Å²) < 4.78 is 44.3. The summed E-state index contributed by atoms with van der Waals surface area (Å²) in [6.45, 7) is 1.57. The molecule has 0 spiro atoms. The van der Waals surface area contributed by atoms with Gasteiger partial charge in [0.15, 0.2) is 11.5 Å². The highest BCUT2D eigenvalue weighted by Gasteiger charge is 2.22. The lowest BCUT2D eigenvalue weighted by Crippen LogP contribution is -2.28. The fraction of sp³-hybridized carbons (Fsp3) is 0.333. The van der Waals surface area contributed by atoms with Crippen LogP contribution in [0.25, 0.3) is 10.9 Å².